The van der Waals surface area contributed by atoms with Crippen LogP contribution in [-0.2, 0) is 4.74 Å². The Morgan fingerprint density at radius 3 is 3.10 bits per heavy atom. The molecular weight excluding hydrogens is 273 g/mol. The van der Waals surface area contributed by atoms with Crippen molar-refractivity contribution < 1.29 is 13.9 Å². The summed E-state index contributed by atoms with van der Waals surface area (Å²) in [6, 6.07) is 1.39. The van der Waals surface area contributed by atoms with Gasteiger partial charge in [0.2, 0.25) is 0 Å². The smallest absolute Gasteiger partial charge is 0.254 e. The van der Waals surface area contributed by atoms with E-state index in [2.05, 4.69) is 15.6 Å². The molecule has 1 unspecified atom stereocenters. The van der Waals surface area contributed by atoms with Crippen molar-refractivity contribution in [2.75, 3.05) is 25.0 Å². The van der Waals surface area contributed by atoms with Crippen molar-refractivity contribution >= 4 is 11.7 Å². The van der Waals surface area contributed by atoms with Crippen molar-refractivity contribution in [1.82, 2.24) is 10.3 Å². The van der Waals surface area contributed by atoms with E-state index in [-0.39, 0.29) is 17.5 Å². The minimum absolute atomic E-state index is 0.0190. The van der Waals surface area contributed by atoms with Gasteiger partial charge in [-0.3, -0.25) is 4.79 Å². The molecule has 1 amide bonds. The van der Waals surface area contributed by atoms with Gasteiger partial charge in [-0.15, -0.1) is 0 Å². The summed E-state index contributed by atoms with van der Waals surface area (Å²) in [7, 11) is 0. The number of amides is 1. The zero-order valence-electron chi connectivity index (χ0n) is 12.3. The summed E-state index contributed by atoms with van der Waals surface area (Å²) in [4.78, 5) is 15.9. The minimum Gasteiger partial charge on any atom is -0.378 e. The molecule has 6 heteroatoms. The highest BCUT2D eigenvalue weighted by molar-refractivity contribution is 5.95. The third kappa shape index (κ3) is 4.39. The van der Waals surface area contributed by atoms with Crippen molar-refractivity contribution in [2.45, 2.75) is 38.7 Å². The van der Waals surface area contributed by atoms with Gasteiger partial charge in [0.15, 0.2) is 11.6 Å². The molecule has 1 atom stereocenters. The lowest BCUT2D eigenvalue weighted by Crippen LogP contribution is -2.30. The monoisotopic (exact) mass is 295 g/mol. The number of nitrogens with one attached hydrogen (secondary N) is 2. The molecular formula is C15H22FN3O2. The SMILES string of the molecule is CCNc1nccc(C(=O)NCCC2CCCCO2)c1F. The second kappa shape index (κ2) is 7.93. The number of nitrogens with zero attached hydrogens (tertiary/aromatic N) is 1. The minimum atomic E-state index is -0.606. The van der Waals surface area contributed by atoms with Gasteiger partial charge in [0.1, 0.15) is 0 Å². The molecule has 21 heavy (non-hydrogen) atoms. The Morgan fingerprint density at radius 1 is 1.52 bits per heavy atom. The molecule has 1 aliphatic heterocycles. The molecule has 2 heterocycles. The normalized spacial score (nSPS) is 18.3. The summed E-state index contributed by atoms with van der Waals surface area (Å²) in [5.41, 5.74) is 0.0190. The first-order chi connectivity index (χ1) is 10.2. The van der Waals surface area contributed by atoms with Gasteiger partial charge in [0.05, 0.1) is 11.7 Å². The van der Waals surface area contributed by atoms with Crippen LogP contribution in [0.1, 0.15) is 43.0 Å². The molecule has 116 valence electrons. The predicted molar refractivity (Wildman–Crippen MR) is 78.9 cm³/mol. The molecule has 2 rings (SSSR count). The van der Waals surface area contributed by atoms with E-state index in [0.29, 0.717) is 13.1 Å². The maximum atomic E-state index is 14.1. The van der Waals surface area contributed by atoms with Gasteiger partial charge in [-0.1, -0.05) is 0 Å². The van der Waals surface area contributed by atoms with Gasteiger partial charge in [-0.25, -0.2) is 9.37 Å². The van der Waals surface area contributed by atoms with Crippen LogP contribution in [0.4, 0.5) is 10.2 Å². The fraction of sp³-hybridized carbons (Fsp3) is 0.600. The highest BCUT2D eigenvalue weighted by atomic mass is 19.1. The van der Waals surface area contributed by atoms with Gasteiger partial charge in [0.25, 0.3) is 5.91 Å². The van der Waals surface area contributed by atoms with Crippen LogP contribution in [0, 0.1) is 5.82 Å². The highest BCUT2D eigenvalue weighted by Gasteiger charge is 2.17. The number of hydrogen-bond donors (Lipinski definition) is 2. The van der Waals surface area contributed by atoms with Gasteiger partial charge < -0.3 is 15.4 Å². The average molecular weight is 295 g/mol. The molecule has 1 saturated heterocycles. The lowest BCUT2D eigenvalue weighted by atomic mass is 10.1. The van der Waals surface area contributed by atoms with E-state index in [9.17, 15) is 9.18 Å². The summed E-state index contributed by atoms with van der Waals surface area (Å²) >= 11 is 0. The number of aromatic nitrogens is 1. The Morgan fingerprint density at radius 2 is 2.38 bits per heavy atom. The molecule has 2 N–H and O–H groups in total. The Labute approximate surface area is 124 Å². The van der Waals surface area contributed by atoms with Gasteiger partial charge in [-0.2, -0.15) is 0 Å². The van der Waals surface area contributed by atoms with Crippen molar-refractivity contribution in [2.24, 2.45) is 0 Å². The van der Waals surface area contributed by atoms with E-state index in [1.165, 1.54) is 18.7 Å². The number of carbonyl (C=O) groups excluding carboxylic acids is 1. The molecule has 1 aromatic rings. The fourth-order valence-corrected chi connectivity index (χ4v) is 2.39. The summed E-state index contributed by atoms with van der Waals surface area (Å²) in [6.07, 6.45) is 5.71. The van der Waals surface area contributed by atoms with Crippen LogP contribution in [0.25, 0.3) is 0 Å². The predicted octanol–water partition coefficient (Wildman–Crippen LogP) is 2.34. The lowest BCUT2D eigenvalue weighted by molar-refractivity contribution is 0.0117. The Balaban J connectivity index is 1.86. The number of anilines is 1. The number of pyridine rings is 1. The van der Waals surface area contributed by atoms with Crippen LogP contribution >= 0.6 is 0 Å². The highest BCUT2D eigenvalue weighted by Crippen LogP contribution is 2.16. The van der Waals surface area contributed by atoms with Gasteiger partial charge >= 0.3 is 0 Å². The molecule has 1 aliphatic rings. The summed E-state index contributed by atoms with van der Waals surface area (Å²) in [6.45, 7) is 3.68. The second-order valence-corrected chi connectivity index (χ2v) is 5.08. The van der Waals surface area contributed by atoms with Gasteiger partial charge in [-0.05, 0) is 38.7 Å². The fourth-order valence-electron chi connectivity index (χ4n) is 2.39. The maximum absolute atomic E-state index is 14.1. The standard InChI is InChI=1S/C15H22FN3O2/c1-2-17-14-13(16)12(7-9-18-14)15(20)19-8-6-11-5-3-4-10-21-11/h7,9,11H,2-6,8,10H2,1H3,(H,17,18)(H,19,20). The van der Waals surface area contributed by atoms with Crippen molar-refractivity contribution in [3.8, 4) is 0 Å². The molecule has 0 aromatic carbocycles. The quantitative estimate of drug-likeness (QED) is 0.845. The van der Waals surface area contributed by atoms with Gasteiger partial charge in [0, 0.05) is 25.9 Å². The summed E-state index contributed by atoms with van der Waals surface area (Å²) in [5, 5.41) is 5.53. The van der Waals surface area contributed by atoms with Crippen LogP contribution in [0.15, 0.2) is 12.3 Å². The number of halogens is 1. The number of rotatable bonds is 6. The Bertz CT molecular complexity index is 476. The van der Waals surface area contributed by atoms with Crippen LogP contribution in [0.3, 0.4) is 0 Å². The topological polar surface area (TPSA) is 63.2 Å². The summed E-state index contributed by atoms with van der Waals surface area (Å²) in [5.74, 6) is -0.906. The third-order valence-electron chi connectivity index (χ3n) is 3.50. The average Bonchev–Trinajstić information content (AvgIpc) is 2.50. The van der Waals surface area contributed by atoms with Crippen LogP contribution in [0.5, 0.6) is 0 Å². The van der Waals surface area contributed by atoms with Crippen molar-refractivity contribution in [3.05, 3.63) is 23.6 Å². The molecule has 5 nitrogen and oxygen atoms in total. The van der Waals surface area contributed by atoms with E-state index < -0.39 is 11.7 Å². The molecule has 0 saturated carbocycles. The van der Waals surface area contributed by atoms with Crippen molar-refractivity contribution in [3.63, 3.8) is 0 Å². The molecule has 0 radical (unpaired) electrons. The van der Waals surface area contributed by atoms with Crippen LogP contribution in [-0.4, -0.2) is 36.7 Å². The Kier molecular flexibility index (Phi) is 5.92. The van der Waals surface area contributed by atoms with Crippen molar-refractivity contribution in [1.29, 1.82) is 0 Å². The third-order valence-corrected chi connectivity index (χ3v) is 3.50. The van der Waals surface area contributed by atoms with E-state index in [1.54, 1.807) is 0 Å². The largest absolute Gasteiger partial charge is 0.378 e. The second-order valence-electron chi connectivity index (χ2n) is 5.08. The first kappa shape index (κ1) is 15.7. The van der Waals surface area contributed by atoms with E-state index in [1.807, 2.05) is 6.92 Å². The number of hydrogen-bond acceptors (Lipinski definition) is 4. The lowest BCUT2D eigenvalue weighted by Gasteiger charge is -2.22. The first-order valence-electron chi connectivity index (χ1n) is 7.50. The number of carbonyl (C=O) groups is 1. The molecule has 1 aromatic heterocycles. The molecule has 0 bridgehead atoms. The number of ether oxygens (including phenoxy) is 1. The van der Waals surface area contributed by atoms with E-state index in [0.717, 1.165) is 25.9 Å². The summed E-state index contributed by atoms with van der Waals surface area (Å²) < 4.78 is 19.7. The van der Waals surface area contributed by atoms with Crippen LogP contribution in [0.2, 0.25) is 0 Å². The van der Waals surface area contributed by atoms with Crippen LogP contribution < -0.4 is 10.6 Å². The first-order valence-corrected chi connectivity index (χ1v) is 7.50. The molecule has 0 aliphatic carbocycles. The molecule has 1 fully saturated rings. The maximum Gasteiger partial charge on any atom is 0.254 e. The van der Waals surface area contributed by atoms with E-state index >= 15 is 0 Å². The zero-order chi connectivity index (χ0) is 15.1. The Hall–Kier alpha value is -1.69. The van der Waals surface area contributed by atoms with E-state index in [4.69, 9.17) is 4.74 Å². The molecule has 0 spiro atoms. The zero-order valence-corrected chi connectivity index (χ0v) is 12.3.